The number of carbonyl (C=O) groups excluding carboxylic acids is 1. The van der Waals surface area contributed by atoms with Crippen molar-refractivity contribution in [3.05, 3.63) is 24.3 Å². The van der Waals surface area contributed by atoms with Crippen LogP contribution >= 0.6 is 0 Å². The second-order valence-electron chi connectivity index (χ2n) is 4.40. The fourth-order valence-corrected chi connectivity index (χ4v) is 1.97. The van der Waals surface area contributed by atoms with Crippen LogP contribution in [0.4, 0.5) is 10.1 Å². The number of amides is 1. The predicted molar refractivity (Wildman–Crippen MR) is 69.0 cm³/mol. The summed E-state index contributed by atoms with van der Waals surface area (Å²) in [5, 5.41) is 15.0. The lowest BCUT2D eigenvalue weighted by Gasteiger charge is -2.12. The highest BCUT2D eigenvalue weighted by Gasteiger charge is 2.27. The number of anilines is 1. The Balaban J connectivity index is 1.93. The number of aliphatic hydroxyl groups is 1. The molecule has 1 aromatic rings. The molecule has 2 atom stereocenters. The van der Waals surface area contributed by atoms with Gasteiger partial charge in [-0.2, -0.15) is 0 Å². The Hall–Kier alpha value is -1.66. The number of hydrogen-bond acceptors (Lipinski definition) is 4. The molecule has 0 saturated carbocycles. The lowest BCUT2D eigenvalue weighted by atomic mass is 10.2. The molecule has 0 radical (unpaired) electrons. The highest BCUT2D eigenvalue weighted by molar-refractivity contribution is 5.95. The van der Waals surface area contributed by atoms with Gasteiger partial charge in [-0.25, -0.2) is 4.39 Å². The predicted octanol–water partition coefficient (Wildman–Crippen LogP) is 0.696. The second-order valence-corrected chi connectivity index (χ2v) is 4.40. The smallest absolute Gasteiger partial charge is 0.241 e. The first-order valence-electron chi connectivity index (χ1n) is 6.20. The molecule has 0 bridgehead atoms. The normalized spacial score (nSPS) is 22.2. The molecule has 2 rings (SSSR count). The van der Waals surface area contributed by atoms with Crippen molar-refractivity contribution in [2.75, 3.05) is 25.1 Å². The van der Waals surface area contributed by atoms with E-state index < -0.39 is 12.8 Å². The summed E-state index contributed by atoms with van der Waals surface area (Å²) in [6, 6.07) is 6.40. The molecule has 0 aromatic heterocycles. The highest BCUT2D eigenvalue weighted by atomic mass is 19.1. The monoisotopic (exact) mass is 268 g/mol. The Morgan fingerprint density at radius 2 is 2.42 bits per heavy atom. The molecule has 19 heavy (non-hydrogen) atoms. The van der Waals surface area contributed by atoms with Gasteiger partial charge in [-0.1, -0.05) is 6.07 Å². The molecule has 3 N–H and O–H groups in total. The topological polar surface area (TPSA) is 70.6 Å². The number of halogens is 1. The molecule has 1 amide bonds. The Bertz CT molecular complexity index is 442. The number of hydrogen-bond donors (Lipinski definition) is 3. The SMILES string of the molecule is O=C(Nc1cccc(OCCF)c1)C1CC(O)CN1. The number of alkyl halides is 1. The zero-order valence-electron chi connectivity index (χ0n) is 10.4. The summed E-state index contributed by atoms with van der Waals surface area (Å²) in [5.74, 6) is 0.314. The van der Waals surface area contributed by atoms with Gasteiger partial charge in [-0.05, 0) is 18.6 Å². The average molecular weight is 268 g/mol. The van der Waals surface area contributed by atoms with E-state index >= 15 is 0 Å². The first kappa shape index (κ1) is 13.8. The van der Waals surface area contributed by atoms with Crippen LogP contribution in [0.3, 0.4) is 0 Å². The minimum Gasteiger partial charge on any atom is -0.491 e. The fourth-order valence-electron chi connectivity index (χ4n) is 1.97. The van der Waals surface area contributed by atoms with Crippen molar-refractivity contribution in [3.63, 3.8) is 0 Å². The van der Waals surface area contributed by atoms with Crippen molar-refractivity contribution in [1.29, 1.82) is 0 Å². The summed E-state index contributed by atoms with van der Waals surface area (Å²) in [4.78, 5) is 11.9. The van der Waals surface area contributed by atoms with E-state index in [1.165, 1.54) is 0 Å². The van der Waals surface area contributed by atoms with Crippen molar-refractivity contribution < 1.29 is 19.0 Å². The van der Waals surface area contributed by atoms with E-state index in [0.29, 0.717) is 24.4 Å². The van der Waals surface area contributed by atoms with Gasteiger partial charge < -0.3 is 20.5 Å². The van der Waals surface area contributed by atoms with Gasteiger partial charge in [0.1, 0.15) is 19.0 Å². The van der Waals surface area contributed by atoms with Crippen LogP contribution in [0.1, 0.15) is 6.42 Å². The largest absolute Gasteiger partial charge is 0.491 e. The van der Waals surface area contributed by atoms with Gasteiger partial charge in [0.15, 0.2) is 0 Å². The first-order valence-corrected chi connectivity index (χ1v) is 6.20. The summed E-state index contributed by atoms with van der Waals surface area (Å²) in [7, 11) is 0. The van der Waals surface area contributed by atoms with Gasteiger partial charge in [-0.3, -0.25) is 4.79 Å². The number of carbonyl (C=O) groups is 1. The number of β-amino-alcohol motifs (C(OH)–C–C–N with tert-alkyl or cyclic N) is 1. The van der Waals surface area contributed by atoms with Gasteiger partial charge in [-0.15, -0.1) is 0 Å². The maximum atomic E-state index is 12.0. The maximum Gasteiger partial charge on any atom is 0.241 e. The number of ether oxygens (including phenoxy) is 1. The van der Waals surface area contributed by atoms with Crippen LogP contribution in [-0.2, 0) is 4.79 Å². The van der Waals surface area contributed by atoms with E-state index in [-0.39, 0.29) is 18.6 Å². The molecule has 1 heterocycles. The Morgan fingerprint density at radius 3 is 3.11 bits per heavy atom. The van der Waals surface area contributed by atoms with E-state index in [9.17, 15) is 14.3 Å². The standard InChI is InChI=1S/C13H17FN2O3/c14-4-5-19-11-3-1-2-9(6-11)16-13(18)12-7-10(17)8-15-12/h1-3,6,10,12,15,17H,4-5,7-8H2,(H,16,18). The molecule has 1 fully saturated rings. The van der Waals surface area contributed by atoms with Crippen LogP contribution in [-0.4, -0.2) is 43.0 Å². The molecule has 2 unspecified atom stereocenters. The zero-order valence-corrected chi connectivity index (χ0v) is 10.4. The second kappa shape index (κ2) is 6.49. The molecule has 104 valence electrons. The van der Waals surface area contributed by atoms with E-state index in [1.807, 2.05) is 0 Å². The molecule has 1 aliphatic heterocycles. The van der Waals surface area contributed by atoms with Crippen LogP contribution in [0, 0.1) is 0 Å². The molecule has 1 aliphatic rings. The fraction of sp³-hybridized carbons (Fsp3) is 0.462. The first-order chi connectivity index (χ1) is 9.19. The van der Waals surface area contributed by atoms with Crippen molar-refractivity contribution in [2.45, 2.75) is 18.6 Å². The quantitative estimate of drug-likeness (QED) is 0.735. The number of nitrogens with one attached hydrogen (secondary N) is 2. The Labute approximate surface area is 110 Å². The third kappa shape index (κ3) is 3.90. The van der Waals surface area contributed by atoms with Gasteiger partial charge >= 0.3 is 0 Å². The molecular formula is C13H17FN2O3. The zero-order chi connectivity index (χ0) is 13.7. The van der Waals surface area contributed by atoms with Crippen LogP contribution < -0.4 is 15.4 Å². The van der Waals surface area contributed by atoms with Crippen LogP contribution in [0.25, 0.3) is 0 Å². The molecule has 0 spiro atoms. The highest BCUT2D eigenvalue weighted by Crippen LogP contribution is 2.18. The van der Waals surface area contributed by atoms with Crippen molar-refractivity contribution in [2.24, 2.45) is 0 Å². The summed E-state index contributed by atoms with van der Waals surface area (Å²) in [6.07, 6.45) is -0.0703. The minimum atomic E-state index is -0.555. The minimum absolute atomic E-state index is 0.00618. The lowest BCUT2D eigenvalue weighted by molar-refractivity contribution is -0.117. The maximum absolute atomic E-state index is 12.0. The molecule has 5 nitrogen and oxygen atoms in total. The number of rotatable bonds is 5. The van der Waals surface area contributed by atoms with Crippen LogP contribution in [0.15, 0.2) is 24.3 Å². The van der Waals surface area contributed by atoms with Gasteiger partial charge in [0.05, 0.1) is 12.1 Å². The third-order valence-electron chi connectivity index (χ3n) is 2.87. The summed E-state index contributed by atoms with van der Waals surface area (Å²) in [6.45, 7) is -0.133. The summed E-state index contributed by atoms with van der Waals surface area (Å²) in [5.41, 5.74) is 0.588. The van der Waals surface area contributed by atoms with Crippen molar-refractivity contribution >= 4 is 11.6 Å². The van der Waals surface area contributed by atoms with E-state index in [4.69, 9.17) is 4.74 Å². The van der Waals surface area contributed by atoms with Crippen molar-refractivity contribution in [3.8, 4) is 5.75 Å². The van der Waals surface area contributed by atoms with Gasteiger partial charge in [0.2, 0.25) is 5.91 Å². The lowest BCUT2D eigenvalue weighted by Crippen LogP contribution is -2.35. The number of aliphatic hydroxyl groups excluding tert-OH is 1. The summed E-state index contributed by atoms with van der Waals surface area (Å²) < 4.78 is 17.1. The van der Waals surface area contributed by atoms with E-state index in [0.717, 1.165) is 0 Å². The van der Waals surface area contributed by atoms with Gasteiger partial charge in [0.25, 0.3) is 0 Å². The van der Waals surface area contributed by atoms with Gasteiger partial charge in [0, 0.05) is 18.3 Å². The van der Waals surface area contributed by atoms with E-state index in [2.05, 4.69) is 10.6 Å². The summed E-state index contributed by atoms with van der Waals surface area (Å²) >= 11 is 0. The molecule has 0 aliphatic carbocycles. The Kier molecular flexibility index (Phi) is 4.70. The Morgan fingerprint density at radius 1 is 1.58 bits per heavy atom. The number of benzene rings is 1. The molecule has 6 heteroatoms. The molecule has 1 aromatic carbocycles. The average Bonchev–Trinajstić information content (AvgIpc) is 2.83. The molecular weight excluding hydrogens is 251 g/mol. The molecule has 1 saturated heterocycles. The van der Waals surface area contributed by atoms with Crippen LogP contribution in [0.2, 0.25) is 0 Å². The van der Waals surface area contributed by atoms with Crippen molar-refractivity contribution in [1.82, 2.24) is 5.32 Å². The third-order valence-corrected chi connectivity index (χ3v) is 2.87. The van der Waals surface area contributed by atoms with Crippen LogP contribution in [0.5, 0.6) is 5.75 Å². The van der Waals surface area contributed by atoms with E-state index in [1.54, 1.807) is 24.3 Å².